The van der Waals surface area contributed by atoms with E-state index >= 15 is 0 Å². The number of aryl methyl sites for hydroxylation is 1. The van der Waals surface area contributed by atoms with E-state index in [0.717, 1.165) is 11.1 Å². The SMILES string of the molecule is Cc1ccc(S(=O)(=O)N[C@@H](Cc2ccccc2)C(=O)Nc2cccc(F)c2)cc1. The van der Waals surface area contributed by atoms with Gasteiger partial charge in [0.1, 0.15) is 11.9 Å². The summed E-state index contributed by atoms with van der Waals surface area (Å²) < 4.78 is 41.5. The normalized spacial score (nSPS) is 12.3. The second kappa shape index (κ2) is 8.98. The van der Waals surface area contributed by atoms with Gasteiger partial charge in [-0.2, -0.15) is 4.72 Å². The van der Waals surface area contributed by atoms with Gasteiger partial charge in [-0.05, 0) is 49.2 Å². The fourth-order valence-electron chi connectivity index (χ4n) is 2.81. The van der Waals surface area contributed by atoms with E-state index < -0.39 is 27.8 Å². The van der Waals surface area contributed by atoms with Crippen LogP contribution in [0.4, 0.5) is 10.1 Å². The van der Waals surface area contributed by atoms with Gasteiger partial charge in [-0.3, -0.25) is 4.79 Å². The van der Waals surface area contributed by atoms with Crippen LogP contribution >= 0.6 is 0 Å². The van der Waals surface area contributed by atoms with Gasteiger partial charge in [-0.25, -0.2) is 12.8 Å². The first-order valence-electron chi connectivity index (χ1n) is 9.03. The van der Waals surface area contributed by atoms with Crippen molar-refractivity contribution >= 4 is 21.6 Å². The van der Waals surface area contributed by atoms with Crippen LogP contribution in [0.1, 0.15) is 11.1 Å². The molecular formula is C22H21FN2O3S. The highest BCUT2D eigenvalue weighted by atomic mass is 32.2. The quantitative estimate of drug-likeness (QED) is 0.622. The van der Waals surface area contributed by atoms with E-state index in [1.165, 1.54) is 36.4 Å². The molecule has 3 aromatic rings. The van der Waals surface area contributed by atoms with Gasteiger partial charge in [0, 0.05) is 5.69 Å². The minimum atomic E-state index is -3.93. The summed E-state index contributed by atoms with van der Waals surface area (Å²) in [7, 11) is -3.93. The molecule has 0 heterocycles. The maximum Gasteiger partial charge on any atom is 0.242 e. The molecule has 0 fully saturated rings. The zero-order chi connectivity index (χ0) is 20.9. The van der Waals surface area contributed by atoms with E-state index in [1.54, 1.807) is 12.1 Å². The summed E-state index contributed by atoms with van der Waals surface area (Å²) in [6.45, 7) is 1.86. The molecule has 3 rings (SSSR count). The maximum absolute atomic E-state index is 13.4. The Morgan fingerprint density at radius 2 is 1.66 bits per heavy atom. The second-order valence-electron chi connectivity index (χ2n) is 6.68. The van der Waals surface area contributed by atoms with Crippen LogP contribution in [-0.2, 0) is 21.2 Å². The number of benzene rings is 3. The number of sulfonamides is 1. The molecule has 0 saturated heterocycles. The van der Waals surface area contributed by atoms with Crippen LogP contribution in [0, 0.1) is 12.7 Å². The lowest BCUT2D eigenvalue weighted by Crippen LogP contribution is -2.45. The van der Waals surface area contributed by atoms with Crippen molar-refractivity contribution in [3.05, 3.63) is 95.8 Å². The molecule has 0 aliphatic rings. The van der Waals surface area contributed by atoms with E-state index in [1.807, 2.05) is 37.3 Å². The average molecular weight is 412 g/mol. The number of carbonyl (C=O) groups is 1. The lowest BCUT2D eigenvalue weighted by atomic mass is 10.1. The van der Waals surface area contributed by atoms with E-state index in [0.29, 0.717) is 0 Å². The molecule has 0 unspecified atom stereocenters. The number of hydrogen-bond acceptors (Lipinski definition) is 3. The smallest absolute Gasteiger partial charge is 0.242 e. The number of anilines is 1. The molecule has 0 radical (unpaired) electrons. The fourth-order valence-corrected chi connectivity index (χ4v) is 4.00. The summed E-state index contributed by atoms with van der Waals surface area (Å²) in [4.78, 5) is 12.9. The third-order valence-corrected chi connectivity index (χ3v) is 5.81. The summed E-state index contributed by atoms with van der Waals surface area (Å²) in [5.74, 6) is -1.07. The molecule has 0 saturated carbocycles. The largest absolute Gasteiger partial charge is 0.325 e. The second-order valence-corrected chi connectivity index (χ2v) is 8.39. The van der Waals surface area contributed by atoms with Gasteiger partial charge in [0.25, 0.3) is 0 Å². The number of rotatable bonds is 7. The summed E-state index contributed by atoms with van der Waals surface area (Å²) >= 11 is 0. The Morgan fingerprint density at radius 3 is 2.31 bits per heavy atom. The van der Waals surface area contributed by atoms with E-state index in [2.05, 4.69) is 10.0 Å². The Balaban J connectivity index is 1.85. The van der Waals surface area contributed by atoms with Crippen LogP contribution in [0.5, 0.6) is 0 Å². The summed E-state index contributed by atoms with van der Waals surface area (Å²) in [5, 5.41) is 2.58. The van der Waals surface area contributed by atoms with Crippen LogP contribution in [0.2, 0.25) is 0 Å². The maximum atomic E-state index is 13.4. The number of halogens is 1. The molecule has 0 spiro atoms. The van der Waals surface area contributed by atoms with Crippen LogP contribution in [0.25, 0.3) is 0 Å². The zero-order valence-corrected chi connectivity index (χ0v) is 16.6. The van der Waals surface area contributed by atoms with Gasteiger partial charge in [-0.15, -0.1) is 0 Å². The molecule has 150 valence electrons. The molecule has 2 N–H and O–H groups in total. The first kappa shape index (κ1) is 20.7. The molecule has 29 heavy (non-hydrogen) atoms. The van der Waals surface area contributed by atoms with Crippen molar-refractivity contribution in [3.8, 4) is 0 Å². The van der Waals surface area contributed by atoms with Crippen molar-refractivity contribution in [1.29, 1.82) is 0 Å². The third-order valence-electron chi connectivity index (χ3n) is 4.32. The number of carbonyl (C=O) groups excluding carboxylic acids is 1. The fraction of sp³-hybridized carbons (Fsp3) is 0.136. The molecule has 1 atom stereocenters. The molecule has 1 amide bonds. The first-order valence-corrected chi connectivity index (χ1v) is 10.5. The predicted octanol–water partition coefficient (Wildman–Crippen LogP) is 3.66. The standard InChI is InChI=1S/C22H21FN2O3S/c1-16-10-12-20(13-11-16)29(27,28)25-21(14-17-6-3-2-4-7-17)22(26)24-19-9-5-8-18(23)15-19/h2-13,15,21,25H,14H2,1H3,(H,24,26)/t21-/m0/s1. The Kier molecular flexibility index (Phi) is 6.41. The number of hydrogen-bond donors (Lipinski definition) is 2. The van der Waals surface area contributed by atoms with Crippen molar-refractivity contribution in [2.45, 2.75) is 24.3 Å². The summed E-state index contributed by atoms with van der Waals surface area (Å²) in [6.07, 6.45) is 0.146. The van der Waals surface area contributed by atoms with Crippen molar-refractivity contribution in [2.24, 2.45) is 0 Å². The summed E-state index contributed by atoms with van der Waals surface area (Å²) in [6, 6.07) is 19.8. The topological polar surface area (TPSA) is 75.3 Å². The van der Waals surface area contributed by atoms with Gasteiger partial charge < -0.3 is 5.32 Å². The molecule has 0 aromatic heterocycles. The Bertz CT molecular complexity index is 1080. The van der Waals surface area contributed by atoms with Gasteiger partial charge >= 0.3 is 0 Å². The molecule has 7 heteroatoms. The minimum absolute atomic E-state index is 0.0692. The number of amides is 1. The van der Waals surface area contributed by atoms with Gasteiger partial charge in [0.2, 0.25) is 15.9 Å². The van der Waals surface area contributed by atoms with Crippen LogP contribution in [0.3, 0.4) is 0 Å². The van der Waals surface area contributed by atoms with Crippen LogP contribution in [0.15, 0.2) is 83.8 Å². The molecular weight excluding hydrogens is 391 g/mol. The molecule has 0 bridgehead atoms. The minimum Gasteiger partial charge on any atom is -0.325 e. The van der Waals surface area contributed by atoms with E-state index in [9.17, 15) is 17.6 Å². The van der Waals surface area contributed by atoms with Gasteiger partial charge in [-0.1, -0.05) is 54.1 Å². The number of nitrogens with one attached hydrogen (secondary N) is 2. The highest BCUT2D eigenvalue weighted by molar-refractivity contribution is 7.89. The molecule has 5 nitrogen and oxygen atoms in total. The molecule has 0 aliphatic carbocycles. The third kappa shape index (κ3) is 5.73. The zero-order valence-electron chi connectivity index (χ0n) is 15.8. The van der Waals surface area contributed by atoms with Crippen LogP contribution < -0.4 is 10.0 Å². The Labute approximate surface area is 169 Å². The first-order chi connectivity index (χ1) is 13.8. The monoisotopic (exact) mass is 412 g/mol. The molecule has 0 aliphatic heterocycles. The highest BCUT2D eigenvalue weighted by Crippen LogP contribution is 2.15. The predicted molar refractivity (Wildman–Crippen MR) is 110 cm³/mol. The van der Waals surface area contributed by atoms with Gasteiger partial charge in [0.15, 0.2) is 0 Å². The van der Waals surface area contributed by atoms with Crippen molar-refractivity contribution < 1.29 is 17.6 Å². The Hall–Kier alpha value is -3.03. The van der Waals surface area contributed by atoms with Gasteiger partial charge in [0.05, 0.1) is 4.90 Å². The lowest BCUT2D eigenvalue weighted by molar-refractivity contribution is -0.117. The molecule has 3 aromatic carbocycles. The lowest BCUT2D eigenvalue weighted by Gasteiger charge is -2.19. The highest BCUT2D eigenvalue weighted by Gasteiger charge is 2.26. The average Bonchev–Trinajstić information content (AvgIpc) is 2.68. The van der Waals surface area contributed by atoms with Crippen molar-refractivity contribution in [2.75, 3.05) is 5.32 Å². The van der Waals surface area contributed by atoms with Crippen molar-refractivity contribution in [3.63, 3.8) is 0 Å². The van der Waals surface area contributed by atoms with Crippen molar-refractivity contribution in [1.82, 2.24) is 4.72 Å². The van der Waals surface area contributed by atoms with E-state index in [4.69, 9.17) is 0 Å². The van der Waals surface area contributed by atoms with E-state index in [-0.39, 0.29) is 17.0 Å². The Morgan fingerprint density at radius 1 is 0.966 bits per heavy atom. The van der Waals surface area contributed by atoms with Crippen LogP contribution in [-0.4, -0.2) is 20.4 Å². The summed E-state index contributed by atoms with van der Waals surface area (Å²) in [5.41, 5.74) is 1.97.